The standard InChI is InChI=1S/C10H17N3O2S/c1-9-4-3-5-12-10(9)8-11-6-7-13-16(2,14)15/h3-5,11,13H,6-8H2,1-2H3. The number of nitrogens with zero attached hydrogens (tertiary/aromatic N) is 1. The molecule has 0 aromatic carbocycles. The van der Waals surface area contributed by atoms with Crippen LogP contribution in [0.1, 0.15) is 11.3 Å². The first-order valence-electron chi connectivity index (χ1n) is 5.05. The van der Waals surface area contributed by atoms with Gasteiger partial charge < -0.3 is 5.32 Å². The summed E-state index contributed by atoms with van der Waals surface area (Å²) in [5, 5.41) is 3.13. The second-order valence-corrected chi connectivity index (χ2v) is 5.44. The monoisotopic (exact) mass is 243 g/mol. The van der Waals surface area contributed by atoms with Crippen molar-refractivity contribution in [3.05, 3.63) is 29.6 Å². The van der Waals surface area contributed by atoms with E-state index in [0.29, 0.717) is 19.6 Å². The molecular formula is C10H17N3O2S. The smallest absolute Gasteiger partial charge is 0.208 e. The molecule has 16 heavy (non-hydrogen) atoms. The van der Waals surface area contributed by atoms with E-state index in [1.165, 1.54) is 0 Å². The number of sulfonamides is 1. The highest BCUT2D eigenvalue weighted by atomic mass is 32.2. The fourth-order valence-electron chi connectivity index (χ4n) is 1.24. The molecule has 1 aromatic heterocycles. The van der Waals surface area contributed by atoms with Gasteiger partial charge in [0.2, 0.25) is 10.0 Å². The van der Waals surface area contributed by atoms with Crippen LogP contribution in [-0.2, 0) is 16.6 Å². The number of hydrogen-bond donors (Lipinski definition) is 2. The van der Waals surface area contributed by atoms with Crippen LogP contribution in [-0.4, -0.2) is 32.7 Å². The van der Waals surface area contributed by atoms with Crippen LogP contribution in [0.25, 0.3) is 0 Å². The van der Waals surface area contributed by atoms with Crippen LogP contribution in [0.4, 0.5) is 0 Å². The van der Waals surface area contributed by atoms with E-state index in [1.807, 2.05) is 19.1 Å². The summed E-state index contributed by atoms with van der Waals surface area (Å²) >= 11 is 0. The first-order chi connectivity index (χ1) is 7.49. The van der Waals surface area contributed by atoms with E-state index >= 15 is 0 Å². The molecule has 0 saturated carbocycles. The average Bonchev–Trinajstić information content (AvgIpc) is 2.18. The Labute approximate surface area is 96.3 Å². The summed E-state index contributed by atoms with van der Waals surface area (Å²) < 4.78 is 23.9. The fraction of sp³-hybridized carbons (Fsp3) is 0.500. The molecule has 0 bridgehead atoms. The van der Waals surface area contributed by atoms with Crippen molar-refractivity contribution in [1.82, 2.24) is 15.0 Å². The third-order valence-corrected chi connectivity index (χ3v) is 2.80. The molecule has 0 aliphatic rings. The zero-order chi connectivity index (χ0) is 12.0. The lowest BCUT2D eigenvalue weighted by Crippen LogP contribution is -2.31. The lowest BCUT2D eigenvalue weighted by Gasteiger charge is -2.06. The van der Waals surface area contributed by atoms with Gasteiger partial charge in [0.15, 0.2) is 0 Å². The van der Waals surface area contributed by atoms with Gasteiger partial charge in [0.05, 0.1) is 11.9 Å². The lowest BCUT2D eigenvalue weighted by atomic mass is 10.2. The predicted octanol–water partition coefficient (Wildman–Crippen LogP) is 0.0288. The Hall–Kier alpha value is -0.980. The maximum absolute atomic E-state index is 10.8. The van der Waals surface area contributed by atoms with Gasteiger partial charge in [-0.15, -0.1) is 0 Å². The summed E-state index contributed by atoms with van der Waals surface area (Å²) in [6.45, 7) is 3.63. The molecule has 90 valence electrons. The molecule has 0 radical (unpaired) electrons. The molecule has 2 N–H and O–H groups in total. The van der Waals surface area contributed by atoms with E-state index in [2.05, 4.69) is 15.0 Å². The fourth-order valence-corrected chi connectivity index (χ4v) is 1.71. The minimum atomic E-state index is -3.08. The SMILES string of the molecule is Cc1cccnc1CNCCNS(C)(=O)=O. The van der Waals surface area contributed by atoms with Crippen molar-refractivity contribution in [2.24, 2.45) is 0 Å². The van der Waals surface area contributed by atoms with Gasteiger partial charge in [-0.25, -0.2) is 13.1 Å². The van der Waals surface area contributed by atoms with Crippen molar-refractivity contribution in [3.8, 4) is 0 Å². The van der Waals surface area contributed by atoms with E-state index in [-0.39, 0.29) is 0 Å². The Morgan fingerprint density at radius 2 is 2.12 bits per heavy atom. The number of hydrogen-bond acceptors (Lipinski definition) is 4. The van der Waals surface area contributed by atoms with Crippen molar-refractivity contribution in [2.75, 3.05) is 19.3 Å². The molecule has 0 saturated heterocycles. The molecule has 1 aromatic rings. The Balaban J connectivity index is 2.24. The van der Waals surface area contributed by atoms with Crippen LogP contribution in [0.5, 0.6) is 0 Å². The molecule has 6 heteroatoms. The number of nitrogens with one attached hydrogen (secondary N) is 2. The molecule has 5 nitrogen and oxygen atoms in total. The van der Waals surface area contributed by atoms with E-state index in [4.69, 9.17) is 0 Å². The molecule has 0 aliphatic heterocycles. The number of pyridine rings is 1. The summed E-state index contributed by atoms with van der Waals surface area (Å²) in [4.78, 5) is 4.22. The second-order valence-electron chi connectivity index (χ2n) is 3.61. The van der Waals surface area contributed by atoms with Gasteiger partial charge in [-0.05, 0) is 18.6 Å². The largest absolute Gasteiger partial charge is 0.310 e. The van der Waals surface area contributed by atoms with Crippen molar-refractivity contribution < 1.29 is 8.42 Å². The van der Waals surface area contributed by atoms with E-state index in [0.717, 1.165) is 17.5 Å². The van der Waals surface area contributed by atoms with Crippen LogP contribution in [0, 0.1) is 6.92 Å². The third kappa shape index (κ3) is 5.20. The van der Waals surface area contributed by atoms with Crippen molar-refractivity contribution >= 4 is 10.0 Å². The van der Waals surface area contributed by atoms with Crippen molar-refractivity contribution in [3.63, 3.8) is 0 Å². The molecular weight excluding hydrogens is 226 g/mol. The lowest BCUT2D eigenvalue weighted by molar-refractivity contribution is 0.581. The van der Waals surface area contributed by atoms with Crippen molar-refractivity contribution in [2.45, 2.75) is 13.5 Å². The summed E-state index contributed by atoms with van der Waals surface area (Å²) in [7, 11) is -3.08. The Morgan fingerprint density at radius 3 is 2.75 bits per heavy atom. The normalized spacial score (nSPS) is 11.6. The number of aromatic nitrogens is 1. The molecule has 0 atom stereocenters. The average molecular weight is 243 g/mol. The zero-order valence-corrected chi connectivity index (χ0v) is 10.3. The number of rotatable bonds is 6. The van der Waals surface area contributed by atoms with E-state index in [9.17, 15) is 8.42 Å². The van der Waals surface area contributed by atoms with Gasteiger partial charge in [0.1, 0.15) is 0 Å². The highest BCUT2D eigenvalue weighted by molar-refractivity contribution is 7.88. The molecule has 0 aliphatic carbocycles. The summed E-state index contributed by atoms with van der Waals surface area (Å²) in [6, 6.07) is 3.89. The third-order valence-electron chi connectivity index (χ3n) is 2.08. The highest BCUT2D eigenvalue weighted by Gasteiger charge is 2.00. The Morgan fingerprint density at radius 1 is 1.38 bits per heavy atom. The molecule has 1 rings (SSSR count). The first-order valence-corrected chi connectivity index (χ1v) is 6.94. The topological polar surface area (TPSA) is 71.1 Å². The Kier molecular flexibility index (Phi) is 4.85. The molecule has 0 spiro atoms. The quantitative estimate of drug-likeness (QED) is 0.691. The second kappa shape index (κ2) is 5.93. The van der Waals surface area contributed by atoms with Crippen LogP contribution >= 0.6 is 0 Å². The van der Waals surface area contributed by atoms with Gasteiger partial charge in [-0.3, -0.25) is 4.98 Å². The summed E-state index contributed by atoms with van der Waals surface area (Å²) in [5.41, 5.74) is 2.12. The summed E-state index contributed by atoms with van der Waals surface area (Å²) in [5.74, 6) is 0. The zero-order valence-electron chi connectivity index (χ0n) is 9.53. The summed E-state index contributed by atoms with van der Waals surface area (Å²) in [6.07, 6.45) is 2.90. The van der Waals surface area contributed by atoms with Gasteiger partial charge in [0, 0.05) is 25.8 Å². The van der Waals surface area contributed by atoms with E-state index in [1.54, 1.807) is 6.20 Å². The van der Waals surface area contributed by atoms with Gasteiger partial charge in [0.25, 0.3) is 0 Å². The maximum atomic E-state index is 10.8. The van der Waals surface area contributed by atoms with Crippen LogP contribution in [0.3, 0.4) is 0 Å². The minimum Gasteiger partial charge on any atom is -0.310 e. The molecule has 0 fully saturated rings. The van der Waals surface area contributed by atoms with Gasteiger partial charge >= 0.3 is 0 Å². The van der Waals surface area contributed by atoms with Crippen LogP contribution in [0.15, 0.2) is 18.3 Å². The van der Waals surface area contributed by atoms with Crippen LogP contribution < -0.4 is 10.0 Å². The molecule has 0 unspecified atom stereocenters. The molecule has 1 heterocycles. The van der Waals surface area contributed by atoms with Gasteiger partial charge in [-0.1, -0.05) is 6.07 Å². The number of aryl methyl sites for hydroxylation is 1. The minimum absolute atomic E-state index is 0.394. The van der Waals surface area contributed by atoms with E-state index < -0.39 is 10.0 Å². The first kappa shape index (κ1) is 13.1. The van der Waals surface area contributed by atoms with Crippen molar-refractivity contribution in [1.29, 1.82) is 0 Å². The predicted molar refractivity (Wildman–Crippen MR) is 63.5 cm³/mol. The molecule has 0 amide bonds. The Bertz CT molecular complexity index is 431. The van der Waals surface area contributed by atoms with Gasteiger partial charge in [-0.2, -0.15) is 0 Å². The van der Waals surface area contributed by atoms with Crippen LogP contribution in [0.2, 0.25) is 0 Å². The maximum Gasteiger partial charge on any atom is 0.208 e. The highest BCUT2D eigenvalue weighted by Crippen LogP contribution is 2.01.